The molecule has 0 aliphatic carbocycles. The third kappa shape index (κ3) is 8.13. The Bertz CT molecular complexity index is 381. The van der Waals surface area contributed by atoms with Crippen LogP contribution in [0.5, 0.6) is 0 Å². The zero-order valence-corrected chi connectivity index (χ0v) is 15.1. The van der Waals surface area contributed by atoms with Crippen molar-refractivity contribution >= 4 is 11.9 Å². The largest absolute Gasteiger partial charge is 0.481 e. The highest BCUT2D eigenvalue weighted by atomic mass is 16.4. The summed E-state index contributed by atoms with van der Waals surface area (Å²) in [5.41, 5.74) is 0. The minimum Gasteiger partial charge on any atom is -0.481 e. The lowest BCUT2D eigenvalue weighted by Crippen LogP contribution is -2.49. The molecule has 2 bridgehead atoms. The number of carboxylic acid groups (broad SMARTS) is 2. The molecule has 2 aliphatic rings. The van der Waals surface area contributed by atoms with E-state index in [1.165, 1.54) is 0 Å². The second-order valence-electron chi connectivity index (χ2n) is 7.01. The van der Waals surface area contributed by atoms with Gasteiger partial charge >= 0.3 is 11.9 Å². The average Bonchev–Trinajstić information content (AvgIpc) is 2.57. The molecule has 144 valence electrons. The fourth-order valence-corrected chi connectivity index (χ4v) is 3.50. The van der Waals surface area contributed by atoms with Crippen LogP contribution in [-0.2, 0) is 9.59 Å². The SMILES string of the molecule is O=C(O)CCN1CCN2CCCN(CC1)CCN(CCC(=O)O)CC2. The summed E-state index contributed by atoms with van der Waals surface area (Å²) >= 11 is 0. The lowest BCUT2D eigenvalue weighted by atomic mass is 10.2. The first kappa shape index (κ1) is 20.1. The Labute approximate surface area is 150 Å². The number of carboxylic acids is 2. The van der Waals surface area contributed by atoms with Crippen molar-refractivity contribution in [3.05, 3.63) is 0 Å². The van der Waals surface area contributed by atoms with Crippen LogP contribution in [0.2, 0.25) is 0 Å². The number of aliphatic carboxylic acids is 2. The number of hydrogen-bond donors (Lipinski definition) is 2. The molecule has 0 aromatic heterocycles. The molecule has 0 aromatic carbocycles. The third-order valence-corrected chi connectivity index (χ3v) is 5.16. The van der Waals surface area contributed by atoms with Gasteiger partial charge in [0, 0.05) is 65.4 Å². The lowest BCUT2D eigenvalue weighted by molar-refractivity contribution is -0.138. The molecule has 2 fully saturated rings. The van der Waals surface area contributed by atoms with E-state index in [9.17, 15) is 9.59 Å². The summed E-state index contributed by atoms with van der Waals surface area (Å²) in [7, 11) is 0. The third-order valence-electron chi connectivity index (χ3n) is 5.16. The van der Waals surface area contributed by atoms with Crippen molar-refractivity contribution in [2.45, 2.75) is 19.3 Å². The topological polar surface area (TPSA) is 87.6 Å². The summed E-state index contributed by atoms with van der Waals surface area (Å²) in [5.74, 6) is -1.47. The second-order valence-corrected chi connectivity index (χ2v) is 7.01. The summed E-state index contributed by atoms with van der Waals surface area (Å²) in [6.07, 6.45) is 1.55. The zero-order chi connectivity index (χ0) is 18.1. The first-order chi connectivity index (χ1) is 12.0. The highest BCUT2D eigenvalue weighted by molar-refractivity contribution is 5.67. The van der Waals surface area contributed by atoms with E-state index in [2.05, 4.69) is 19.6 Å². The van der Waals surface area contributed by atoms with Crippen LogP contribution in [0.25, 0.3) is 0 Å². The van der Waals surface area contributed by atoms with Gasteiger partial charge in [-0.3, -0.25) is 9.59 Å². The molecule has 2 aliphatic heterocycles. The number of nitrogens with zero attached hydrogens (tertiary/aromatic N) is 4. The minimum absolute atomic E-state index is 0.197. The van der Waals surface area contributed by atoms with E-state index in [0.717, 1.165) is 71.9 Å². The summed E-state index contributed by atoms with van der Waals surface area (Å²) < 4.78 is 0. The Morgan fingerprint density at radius 2 is 0.960 bits per heavy atom. The van der Waals surface area contributed by atoms with Gasteiger partial charge < -0.3 is 29.8 Å². The lowest BCUT2D eigenvalue weighted by Gasteiger charge is -2.36. The highest BCUT2D eigenvalue weighted by Gasteiger charge is 2.19. The maximum absolute atomic E-state index is 10.9. The first-order valence-corrected chi connectivity index (χ1v) is 9.36. The maximum Gasteiger partial charge on any atom is 0.304 e. The van der Waals surface area contributed by atoms with Crippen LogP contribution >= 0.6 is 0 Å². The fourth-order valence-electron chi connectivity index (χ4n) is 3.50. The molecule has 2 N–H and O–H groups in total. The molecule has 0 amide bonds. The molecular formula is C17H32N4O4. The Morgan fingerprint density at radius 1 is 0.600 bits per heavy atom. The minimum atomic E-state index is -0.735. The molecule has 2 heterocycles. The van der Waals surface area contributed by atoms with Crippen LogP contribution in [0, 0.1) is 0 Å². The predicted octanol–water partition coefficient (Wildman–Crippen LogP) is -0.439. The van der Waals surface area contributed by atoms with Gasteiger partial charge in [-0.05, 0) is 19.5 Å². The van der Waals surface area contributed by atoms with Gasteiger partial charge in [0.25, 0.3) is 0 Å². The zero-order valence-electron chi connectivity index (χ0n) is 15.1. The van der Waals surface area contributed by atoms with Gasteiger partial charge in [-0.1, -0.05) is 0 Å². The van der Waals surface area contributed by atoms with E-state index < -0.39 is 11.9 Å². The van der Waals surface area contributed by atoms with Crippen LogP contribution in [0.4, 0.5) is 0 Å². The van der Waals surface area contributed by atoms with E-state index in [4.69, 9.17) is 10.2 Å². The summed E-state index contributed by atoms with van der Waals surface area (Å²) in [6, 6.07) is 0. The van der Waals surface area contributed by atoms with E-state index >= 15 is 0 Å². The Morgan fingerprint density at radius 3 is 1.28 bits per heavy atom. The normalized spacial score (nSPS) is 27.2. The molecule has 0 aromatic rings. The van der Waals surface area contributed by atoms with Crippen molar-refractivity contribution in [2.24, 2.45) is 0 Å². The van der Waals surface area contributed by atoms with Crippen LogP contribution in [0.15, 0.2) is 0 Å². The smallest absolute Gasteiger partial charge is 0.304 e. The van der Waals surface area contributed by atoms with Crippen molar-refractivity contribution in [3.8, 4) is 0 Å². The summed E-state index contributed by atoms with van der Waals surface area (Å²) in [4.78, 5) is 31.1. The Kier molecular flexibility index (Phi) is 8.60. The predicted molar refractivity (Wildman–Crippen MR) is 94.9 cm³/mol. The quantitative estimate of drug-likeness (QED) is 0.662. The Balaban J connectivity index is 1.94. The van der Waals surface area contributed by atoms with Gasteiger partial charge in [0.05, 0.1) is 12.8 Å². The fraction of sp³-hybridized carbons (Fsp3) is 0.882. The molecule has 25 heavy (non-hydrogen) atoms. The van der Waals surface area contributed by atoms with Crippen LogP contribution in [-0.4, -0.2) is 120 Å². The number of carbonyl (C=O) groups is 2. The number of rotatable bonds is 6. The van der Waals surface area contributed by atoms with Gasteiger partial charge in [-0.25, -0.2) is 0 Å². The monoisotopic (exact) mass is 356 g/mol. The van der Waals surface area contributed by atoms with Crippen LogP contribution in [0.3, 0.4) is 0 Å². The van der Waals surface area contributed by atoms with Crippen molar-refractivity contribution in [2.75, 3.05) is 78.5 Å². The molecule has 2 saturated heterocycles. The molecule has 0 radical (unpaired) electrons. The summed E-state index contributed by atoms with van der Waals surface area (Å²) in [5, 5.41) is 17.9. The van der Waals surface area contributed by atoms with Gasteiger partial charge in [-0.2, -0.15) is 0 Å². The molecule has 8 nitrogen and oxygen atoms in total. The van der Waals surface area contributed by atoms with Crippen LogP contribution < -0.4 is 0 Å². The van der Waals surface area contributed by atoms with Gasteiger partial charge in [0.2, 0.25) is 0 Å². The number of fused-ring (bicyclic) bond motifs is 4. The first-order valence-electron chi connectivity index (χ1n) is 9.36. The van der Waals surface area contributed by atoms with Gasteiger partial charge in [0.1, 0.15) is 0 Å². The van der Waals surface area contributed by atoms with E-state index in [1.54, 1.807) is 0 Å². The van der Waals surface area contributed by atoms with Crippen molar-refractivity contribution in [3.63, 3.8) is 0 Å². The molecule has 0 spiro atoms. The molecule has 0 saturated carbocycles. The second kappa shape index (κ2) is 10.7. The Hall–Kier alpha value is -1.22. The van der Waals surface area contributed by atoms with E-state index in [-0.39, 0.29) is 12.8 Å². The summed E-state index contributed by atoms with van der Waals surface area (Å²) in [6.45, 7) is 10.7. The molecule has 2 rings (SSSR count). The molecule has 0 unspecified atom stereocenters. The van der Waals surface area contributed by atoms with Crippen molar-refractivity contribution in [1.82, 2.24) is 19.6 Å². The highest BCUT2D eigenvalue weighted by Crippen LogP contribution is 2.06. The standard InChI is InChI=1S/C17H32N4O4/c22-16(23)2-6-20-12-8-18-4-1-5-19(9-13-20)11-15-21(14-10-18)7-3-17(24)25/h1-15H2,(H,22,23)(H,24,25). The van der Waals surface area contributed by atoms with Crippen molar-refractivity contribution < 1.29 is 19.8 Å². The average molecular weight is 356 g/mol. The number of hydrogen-bond acceptors (Lipinski definition) is 6. The van der Waals surface area contributed by atoms with E-state index in [0.29, 0.717) is 13.1 Å². The molecular weight excluding hydrogens is 324 g/mol. The van der Waals surface area contributed by atoms with E-state index in [1.807, 2.05) is 0 Å². The van der Waals surface area contributed by atoms with Gasteiger partial charge in [-0.15, -0.1) is 0 Å². The maximum atomic E-state index is 10.9. The van der Waals surface area contributed by atoms with Crippen LogP contribution in [0.1, 0.15) is 19.3 Å². The molecule has 8 heteroatoms. The van der Waals surface area contributed by atoms with Gasteiger partial charge in [0.15, 0.2) is 0 Å². The molecule has 0 atom stereocenters. The van der Waals surface area contributed by atoms with Crippen molar-refractivity contribution in [1.29, 1.82) is 0 Å².